The summed E-state index contributed by atoms with van der Waals surface area (Å²) in [5, 5.41) is 21.9. The van der Waals surface area contributed by atoms with Crippen LogP contribution in [0.25, 0.3) is 11.0 Å². The summed E-state index contributed by atoms with van der Waals surface area (Å²) in [6, 6.07) is 10.2. The molecule has 1 aromatic heterocycles. The largest absolute Gasteiger partial charge is 0.506 e. The van der Waals surface area contributed by atoms with Gasteiger partial charge in [0.05, 0.1) is 24.6 Å². The molecule has 1 amide bonds. The maximum Gasteiger partial charge on any atom is 0.305 e. The average Bonchev–Trinajstić information content (AvgIpc) is 3.01. The molecule has 3 rings (SSSR count). The van der Waals surface area contributed by atoms with E-state index in [9.17, 15) is 14.7 Å². The summed E-state index contributed by atoms with van der Waals surface area (Å²) in [4.78, 5) is 27.8. The number of hydrogen-bond donors (Lipinski definition) is 4. The number of phenolic OH excluding ortho intramolecular Hbond substituents is 1. The molecule has 152 valence electrons. The van der Waals surface area contributed by atoms with Crippen molar-refractivity contribution in [2.75, 3.05) is 11.9 Å². The average molecular weight is 620 g/mol. The van der Waals surface area contributed by atoms with E-state index in [1.165, 1.54) is 0 Å². The maximum atomic E-state index is 12.4. The van der Waals surface area contributed by atoms with E-state index >= 15 is 0 Å². The van der Waals surface area contributed by atoms with Gasteiger partial charge in [0.1, 0.15) is 11.8 Å². The van der Waals surface area contributed by atoms with E-state index in [-0.39, 0.29) is 18.7 Å². The molecule has 0 fully saturated rings. The number of anilines is 1. The molecule has 0 saturated heterocycles. The number of para-hydroxylation sites is 2. The molecular weight excluding hydrogens is 602 g/mol. The van der Waals surface area contributed by atoms with Gasteiger partial charge in [-0.15, -0.1) is 0 Å². The summed E-state index contributed by atoms with van der Waals surface area (Å²) in [6.07, 6.45) is 0.217. The lowest BCUT2D eigenvalue weighted by Crippen LogP contribution is -2.29. The van der Waals surface area contributed by atoms with Gasteiger partial charge in [0.25, 0.3) is 0 Å². The van der Waals surface area contributed by atoms with E-state index in [0.29, 0.717) is 25.0 Å². The molecule has 10 heteroatoms. The van der Waals surface area contributed by atoms with E-state index in [1.54, 1.807) is 4.57 Å². The van der Waals surface area contributed by atoms with Crippen molar-refractivity contribution in [2.45, 2.75) is 18.9 Å². The van der Waals surface area contributed by atoms with Gasteiger partial charge in [-0.3, -0.25) is 14.2 Å². The van der Waals surface area contributed by atoms with E-state index in [1.807, 2.05) is 81.6 Å². The number of primary amides is 1. The fourth-order valence-electron chi connectivity index (χ4n) is 3.04. The Kier molecular flexibility index (Phi) is 6.82. The SMILES string of the molecule is NC(=O)C(Cc1cc(I)c(O)c(I)c1)n1c(NCCC(=O)O)nc2ccccc21. The Bertz CT molecular complexity index is 1060. The van der Waals surface area contributed by atoms with Crippen molar-refractivity contribution in [3.8, 4) is 5.75 Å². The van der Waals surface area contributed by atoms with Gasteiger partial charge >= 0.3 is 5.97 Å². The van der Waals surface area contributed by atoms with Gasteiger partial charge in [-0.2, -0.15) is 0 Å². The highest BCUT2D eigenvalue weighted by Crippen LogP contribution is 2.31. The quantitative estimate of drug-likeness (QED) is 0.287. The number of fused-ring (bicyclic) bond motifs is 1. The first kappa shape index (κ1) is 21.6. The molecule has 1 heterocycles. The summed E-state index contributed by atoms with van der Waals surface area (Å²) >= 11 is 4.08. The summed E-state index contributed by atoms with van der Waals surface area (Å²) in [5.74, 6) is -0.874. The number of benzene rings is 2. The van der Waals surface area contributed by atoms with Crippen LogP contribution in [0.3, 0.4) is 0 Å². The van der Waals surface area contributed by atoms with Gasteiger partial charge in [0, 0.05) is 13.0 Å². The number of carbonyl (C=O) groups is 2. The van der Waals surface area contributed by atoms with E-state index in [0.717, 1.165) is 11.1 Å². The molecule has 0 bridgehead atoms. The molecule has 0 saturated carbocycles. The molecular formula is C19H18I2N4O4. The lowest BCUT2D eigenvalue weighted by Gasteiger charge is -2.20. The van der Waals surface area contributed by atoms with Crippen LogP contribution in [0.15, 0.2) is 36.4 Å². The van der Waals surface area contributed by atoms with Crippen LogP contribution in [0.5, 0.6) is 5.75 Å². The minimum atomic E-state index is -0.931. The molecule has 5 N–H and O–H groups in total. The summed E-state index contributed by atoms with van der Waals surface area (Å²) in [6.45, 7) is 0.166. The Morgan fingerprint density at radius 2 is 1.86 bits per heavy atom. The fraction of sp³-hybridized carbons (Fsp3) is 0.211. The Labute approximate surface area is 193 Å². The molecule has 1 unspecified atom stereocenters. The number of hydrogen-bond acceptors (Lipinski definition) is 5. The number of phenols is 1. The van der Waals surface area contributed by atoms with Gasteiger partial charge in [0.15, 0.2) is 0 Å². The summed E-state index contributed by atoms with van der Waals surface area (Å²) in [5.41, 5.74) is 7.99. The number of nitrogens with one attached hydrogen (secondary N) is 1. The molecule has 3 aromatic rings. The summed E-state index contributed by atoms with van der Waals surface area (Å²) in [7, 11) is 0. The predicted octanol–water partition coefficient (Wildman–Crippen LogP) is 3.11. The number of aromatic nitrogens is 2. The number of carboxylic acid groups (broad SMARTS) is 1. The van der Waals surface area contributed by atoms with Crippen molar-refractivity contribution in [3.05, 3.63) is 49.1 Å². The highest BCUT2D eigenvalue weighted by atomic mass is 127. The standard InChI is InChI=1S/C19H18I2N4O4/c20-11-7-10(8-12(21)17(11)28)9-15(18(22)29)25-14-4-2-1-3-13(14)24-19(25)23-6-5-16(26)27/h1-4,7-8,15,28H,5-6,9H2,(H2,22,29)(H,23,24)(H,26,27). The number of carboxylic acids is 1. The van der Waals surface area contributed by atoms with Crippen LogP contribution in [-0.4, -0.2) is 38.2 Å². The lowest BCUT2D eigenvalue weighted by atomic mass is 10.0. The van der Waals surface area contributed by atoms with Crippen LogP contribution in [0.4, 0.5) is 5.95 Å². The van der Waals surface area contributed by atoms with Gasteiger partial charge in [-0.1, -0.05) is 12.1 Å². The van der Waals surface area contributed by atoms with Crippen LogP contribution < -0.4 is 11.1 Å². The second kappa shape index (κ2) is 9.15. The Hall–Kier alpha value is -2.09. The van der Waals surface area contributed by atoms with Crippen LogP contribution >= 0.6 is 45.2 Å². The first-order valence-electron chi connectivity index (χ1n) is 8.66. The molecule has 2 aromatic carbocycles. The molecule has 29 heavy (non-hydrogen) atoms. The van der Waals surface area contributed by atoms with Gasteiger partial charge < -0.3 is 21.3 Å². The third-order valence-corrected chi connectivity index (χ3v) is 6.01. The zero-order valence-corrected chi connectivity index (χ0v) is 19.4. The molecule has 0 spiro atoms. The Morgan fingerprint density at radius 3 is 2.48 bits per heavy atom. The van der Waals surface area contributed by atoms with Crippen molar-refractivity contribution in [1.29, 1.82) is 0 Å². The van der Waals surface area contributed by atoms with Gasteiger partial charge in [0.2, 0.25) is 11.9 Å². The highest BCUT2D eigenvalue weighted by molar-refractivity contribution is 14.1. The molecule has 0 aliphatic rings. The Balaban J connectivity index is 2.04. The van der Waals surface area contributed by atoms with Crippen molar-refractivity contribution >= 4 is 74.0 Å². The van der Waals surface area contributed by atoms with Crippen LogP contribution in [-0.2, 0) is 16.0 Å². The third-order valence-electron chi connectivity index (χ3n) is 4.36. The van der Waals surface area contributed by atoms with Gasteiger partial charge in [-0.25, -0.2) is 4.98 Å². The van der Waals surface area contributed by atoms with Gasteiger partial charge in [-0.05, 0) is 75.0 Å². The van der Waals surface area contributed by atoms with E-state index in [2.05, 4.69) is 10.3 Å². The number of carbonyl (C=O) groups excluding carboxylic acids is 1. The zero-order chi connectivity index (χ0) is 21.1. The normalized spacial score (nSPS) is 12.1. The fourth-order valence-corrected chi connectivity index (χ4v) is 4.94. The van der Waals surface area contributed by atoms with Crippen molar-refractivity contribution in [1.82, 2.24) is 9.55 Å². The predicted molar refractivity (Wildman–Crippen MR) is 126 cm³/mol. The number of aliphatic carboxylic acids is 1. The molecule has 0 aliphatic carbocycles. The van der Waals surface area contributed by atoms with Crippen molar-refractivity contribution < 1.29 is 19.8 Å². The zero-order valence-electron chi connectivity index (χ0n) is 15.1. The third kappa shape index (κ3) is 4.91. The highest BCUT2D eigenvalue weighted by Gasteiger charge is 2.25. The molecule has 0 radical (unpaired) electrons. The minimum absolute atomic E-state index is 0.0845. The first-order valence-corrected chi connectivity index (χ1v) is 10.8. The molecule has 8 nitrogen and oxygen atoms in total. The van der Waals surface area contributed by atoms with Crippen LogP contribution in [0.2, 0.25) is 0 Å². The minimum Gasteiger partial charge on any atom is -0.506 e. The van der Waals surface area contributed by atoms with Crippen molar-refractivity contribution in [3.63, 3.8) is 0 Å². The smallest absolute Gasteiger partial charge is 0.305 e. The molecule has 0 aliphatic heterocycles. The van der Waals surface area contributed by atoms with Crippen LogP contribution in [0, 0.1) is 7.14 Å². The Morgan fingerprint density at radius 1 is 1.21 bits per heavy atom. The van der Waals surface area contributed by atoms with Crippen LogP contribution in [0.1, 0.15) is 18.0 Å². The lowest BCUT2D eigenvalue weighted by molar-refractivity contribution is -0.136. The first-order chi connectivity index (χ1) is 13.8. The topological polar surface area (TPSA) is 130 Å². The van der Waals surface area contributed by atoms with E-state index < -0.39 is 17.9 Å². The number of rotatable bonds is 8. The van der Waals surface area contributed by atoms with Crippen molar-refractivity contribution in [2.24, 2.45) is 5.73 Å². The monoisotopic (exact) mass is 620 g/mol. The maximum absolute atomic E-state index is 12.4. The number of nitrogens with two attached hydrogens (primary N) is 1. The number of nitrogens with zero attached hydrogens (tertiary/aromatic N) is 2. The molecule has 1 atom stereocenters. The second-order valence-corrected chi connectivity index (χ2v) is 8.72. The number of imidazole rings is 1. The number of halogens is 2. The second-order valence-electron chi connectivity index (χ2n) is 6.40. The number of amides is 1. The summed E-state index contributed by atoms with van der Waals surface area (Å²) < 4.78 is 3.08. The van der Waals surface area contributed by atoms with E-state index in [4.69, 9.17) is 10.8 Å². The number of aromatic hydroxyl groups is 1.